The zero-order chi connectivity index (χ0) is 13.8. The summed E-state index contributed by atoms with van der Waals surface area (Å²) in [6, 6.07) is 12.3. The van der Waals surface area contributed by atoms with Crippen LogP contribution in [0, 0.1) is 0 Å². The van der Waals surface area contributed by atoms with Crippen molar-refractivity contribution in [3.8, 4) is 0 Å². The molecule has 2 unspecified atom stereocenters. The van der Waals surface area contributed by atoms with Crippen LogP contribution in [-0.2, 0) is 6.54 Å². The Bertz CT molecular complexity index is 400. The number of piperazine rings is 1. The molecular formula is C17H27N3. The van der Waals surface area contributed by atoms with Gasteiger partial charge in [0.1, 0.15) is 0 Å². The van der Waals surface area contributed by atoms with E-state index in [9.17, 15) is 0 Å². The highest BCUT2D eigenvalue weighted by Crippen LogP contribution is 2.18. The van der Waals surface area contributed by atoms with E-state index in [1.54, 1.807) is 0 Å². The monoisotopic (exact) mass is 273 g/mol. The lowest BCUT2D eigenvalue weighted by Crippen LogP contribution is -2.57. The Hall–Kier alpha value is -0.900. The molecule has 0 aliphatic carbocycles. The van der Waals surface area contributed by atoms with Crippen LogP contribution in [0.2, 0.25) is 0 Å². The minimum Gasteiger partial charge on any atom is -0.315 e. The summed E-state index contributed by atoms with van der Waals surface area (Å²) >= 11 is 0. The van der Waals surface area contributed by atoms with Gasteiger partial charge in [0.2, 0.25) is 0 Å². The molecule has 0 radical (unpaired) electrons. The highest BCUT2D eigenvalue weighted by molar-refractivity contribution is 5.14. The topological polar surface area (TPSA) is 18.5 Å². The Morgan fingerprint density at radius 1 is 1.20 bits per heavy atom. The highest BCUT2D eigenvalue weighted by Gasteiger charge is 2.28. The van der Waals surface area contributed by atoms with Crippen molar-refractivity contribution in [3.05, 3.63) is 35.9 Å². The van der Waals surface area contributed by atoms with Gasteiger partial charge in [-0.05, 0) is 31.9 Å². The Balaban J connectivity index is 1.54. The number of rotatable bonds is 3. The molecule has 0 spiro atoms. The average molecular weight is 273 g/mol. The van der Waals surface area contributed by atoms with Crippen LogP contribution in [0.1, 0.15) is 25.3 Å². The number of piperidine rings is 1. The van der Waals surface area contributed by atoms with Crippen molar-refractivity contribution in [2.45, 2.75) is 38.4 Å². The van der Waals surface area contributed by atoms with Crippen LogP contribution < -0.4 is 5.32 Å². The summed E-state index contributed by atoms with van der Waals surface area (Å²) in [7, 11) is 0. The molecule has 1 aromatic carbocycles. The van der Waals surface area contributed by atoms with Gasteiger partial charge in [-0.15, -0.1) is 0 Å². The molecule has 0 aromatic heterocycles. The highest BCUT2D eigenvalue weighted by atomic mass is 15.3. The lowest BCUT2D eigenvalue weighted by atomic mass is 10.0. The molecule has 110 valence electrons. The first-order valence-electron chi connectivity index (χ1n) is 8.05. The maximum absolute atomic E-state index is 3.54. The second-order valence-corrected chi connectivity index (χ2v) is 6.30. The molecule has 2 aliphatic heterocycles. The van der Waals surface area contributed by atoms with Crippen LogP contribution in [0.25, 0.3) is 0 Å². The zero-order valence-electron chi connectivity index (χ0n) is 12.6. The molecule has 3 heteroatoms. The molecule has 0 bridgehead atoms. The van der Waals surface area contributed by atoms with E-state index in [-0.39, 0.29) is 0 Å². The molecule has 1 N–H and O–H groups in total. The van der Waals surface area contributed by atoms with Crippen LogP contribution in [0.3, 0.4) is 0 Å². The third kappa shape index (κ3) is 3.40. The number of nitrogens with zero attached hydrogens (tertiary/aromatic N) is 2. The fraction of sp³-hybridized carbons (Fsp3) is 0.647. The molecule has 0 saturated carbocycles. The summed E-state index contributed by atoms with van der Waals surface area (Å²) in [6.07, 6.45) is 2.71. The van der Waals surface area contributed by atoms with Gasteiger partial charge in [-0.2, -0.15) is 0 Å². The van der Waals surface area contributed by atoms with Crippen LogP contribution in [0.4, 0.5) is 0 Å². The normalized spacial score (nSPS) is 29.4. The van der Waals surface area contributed by atoms with Gasteiger partial charge < -0.3 is 5.32 Å². The number of benzene rings is 1. The first kappa shape index (κ1) is 14.1. The Morgan fingerprint density at radius 2 is 2.05 bits per heavy atom. The van der Waals surface area contributed by atoms with E-state index in [1.165, 1.54) is 51.1 Å². The average Bonchev–Trinajstić information content (AvgIpc) is 2.51. The summed E-state index contributed by atoms with van der Waals surface area (Å²) in [4.78, 5) is 5.33. The lowest BCUT2D eigenvalue weighted by molar-refractivity contribution is 0.0431. The minimum absolute atomic E-state index is 0.658. The van der Waals surface area contributed by atoms with E-state index < -0.39 is 0 Å². The first-order chi connectivity index (χ1) is 9.83. The van der Waals surface area contributed by atoms with Crippen LogP contribution in [0.5, 0.6) is 0 Å². The molecular weight excluding hydrogens is 246 g/mol. The standard InChI is InChI=1S/C17H27N3/c1-15-13-20(17-8-5-9-18-12-17)11-10-19(15)14-16-6-3-2-4-7-16/h2-4,6-7,15,17-18H,5,8-14H2,1H3. The number of nitrogens with one attached hydrogen (secondary N) is 1. The van der Waals surface area contributed by atoms with Gasteiger partial charge in [0.05, 0.1) is 0 Å². The largest absolute Gasteiger partial charge is 0.315 e. The van der Waals surface area contributed by atoms with Crippen molar-refractivity contribution in [3.63, 3.8) is 0 Å². The van der Waals surface area contributed by atoms with Crippen molar-refractivity contribution in [2.24, 2.45) is 0 Å². The molecule has 0 amide bonds. The van der Waals surface area contributed by atoms with Crippen LogP contribution >= 0.6 is 0 Å². The Kier molecular flexibility index (Phi) is 4.71. The van der Waals surface area contributed by atoms with Crippen molar-refractivity contribution in [1.29, 1.82) is 0 Å². The van der Waals surface area contributed by atoms with E-state index in [1.807, 2.05) is 0 Å². The van der Waals surface area contributed by atoms with E-state index in [2.05, 4.69) is 52.4 Å². The van der Waals surface area contributed by atoms with Crippen molar-refractivity contribution >= 4 is 0 Å². The van der Waals surface area contributed by atoms with E-state index in [4.69, 9.17) is 0 Å². The van der Waals surface area contributed by atoms with Gasteiger partial charge in [-0.1, -0.05) is 30.3 Å². The third-order valence-electron chi connectivity index (χ3n) is 4.81. The molecule has 3 rings (SSSR count). The molecule has 2 aliphatic rings. The van der Waals surface area contributed by atoms with Crippen molar-refractivity contribution < 1.29 is 0 Å². The predicted molar refractivity (Wildman–Crippen MR) is 83.8 cm³/mol. The second kappa shape index (κ2) is 6.70. The van der Waals surface area contributed by atoms with E-state index >= 15 is 0 Å². The minimum atomic E-state index is 0.658. The SMILES string of the molecule is CC1CN(C2CCCNC2)CCN1Cc1ccccc1. The molecule has 2 heterocycles. The van der Waals surface area contributed by atoms with Gasteiger partial charge in [0.15, 0.2) is 0 Å². The second-order valence-electron chi connectivity index (χ2n) is 6.30. The van der Waals surface area contributed by atoms with Crippen LogP contribution in [-0.4, -0.2) is 54.6 Å². The zero-order valence-corrected chi connectivity index (χ0v) is 12.6. The van der Waals surface area contributed by atoms with E-state index in [0.29, 0.717) is 6.04 Å². The summed E-state index contributed by atoms with van der Waals surface area (Å²) in [5, 5.41) is 3.54. The molecule has 1 aromatic rings. The number of hydrogen-bond acceptors (Lipinski definition) is 3. The Morgan fingerprint density at radius 3 is 2.75 bits per heavy atom. The Labute approximate surface area is 123 Å². The smallest absolute Gasteiger partial charge is 0.0237 e. The van der Waals surface area contributed by atoms with Crippen molar-refractivity contribution in [1.82, 2.24) is 15.1 Å². The quantitative estimate of drug-likeness (QED) is 0.908. The summed E-state index contributed by atoms with van der Waals surface area (Å²) in [6.45, 7) is 9.52. The molecule has 2 saturated heterocycles. The van der Waals surface area contributed by atoms with E-state index in [0.717, 1.165) is 12.6 Å². The van der Waals surface area contributed by atoms with Crippen molar-refractivity contribution in [2.75, 3.05) is 32.7 Å². The molecule has 2 atom stereocenters. The van der Waals surface area contributed by atoms with Gasteiger partial charge in [-0.25, -0.2) is 0 Å². The van der Waals surface area contributed by atoms with Crippen LogP contribution in [0.15, 0.2) is 30.3 Å². The predicted octanol–water partition coefficient (Wildman–Crippen LogP) is 1.94. The van der Waals surface area contributed by atoms with Gasteiger partial charge >= 0.3 is 0 Å². The summed E-state index contributed by atoms with van der Waals surface area (Å²) in [5.74, 6) is 0. The van der Waals surface area contributed by atoms with Gasteiger partial charge in [0.25, 0.3) is 0 Å². The fourth-order valence-corrected chi connectivity index (χ4v) is 3.55. The summed E-state index contributed by atoms with van der Waals surface area (Å²) < 4.78 is 0. The molecule has 2 fully saturated rings. The number of hydrogen-bond donors (Lipinski definition) is 1. The maximum Gasteiger partial charge on any atom is 0.0237 e. The summed E-state index contributed by atoms with van der Waals surface area (Å²) in [5.41, 5.74) is 1.44. The lowest BCUT2D eigenvalue weighted by Gasteiger charge is -2.44. The molecule has 3 nitrogen and oxygen atoms in total. The van der Waals surface area contributed by atoms with Gasteiger partial charge in [-0.3, -0.25) is 9.80 Å². The van der Waals surface area contributed by atoms with Gasteiger partial charge in [0, 0.05) is 44.8 Å². The maximum atomic E-state index is 3.54. The fourth-order valence-electron chi connectivity index (χ4n) is 3.55. The molecule has 20 heavy (non-hydrogen) atoms. The first-order valence-corrected chi connectivity index (χ1v) is 8.05. The third-order valence-corrected chi connectivity index (χ3v) is 4.81.